The van der Waals surface area contributed by atoms with Crippen molar-refractivity contribution >= 4 is 5.96 Å². The number of methoxy groups -OCH3 is 1. The topological polar surface area (TPSA) is 54.9 Å². The summed E-state index contributed by atoms with van der Waals surface area (Å²) < 4.78 is 11.1. The van der Waals surface area contributed by atoms with Crippen LogP contribution in [0.15, 0.2) is 53.5 Å². The first-order valence-electron chi connectivity index (χ1n) is 7.05. The van der Waals surface area contributed by atoms with Gasteiger partial charge in [-0.1, -0.05) is 24.3 Å². The molecule has 0 saturated heterocycles. The summed E-state index contributed by atoms with van der Waals surface area (Å²) in [6.45, 7) is 0.697. The molecule has 0 unspecified atom stereocenters. The van der Waals surface area contributed by atoms with Crippen molar-refractivity contribution < 1.29 is 9.47 Å². The SMILES string of the molecule is CN=C(NC)NCc1ccc(Oc2ccccc2OC)cc1. The zero-order chi connectivity index (χ0) is 15.8. The number of ether oxygens (including phenoxy) is 2. The molecule has 0 aliphatic heterocycles. The first kappa shape index (κ1) is 15.7. The molecule has 5 heteroatoms. The molecule has 0 spiro atoms. The van der Waals surface area contributed by atoms with E-state index in [4.69, 9.17) is 9.47 Å². The Hall–Kier alpha value is -2.69. The number of hydrogen-bond donors (Lipinski definition) is 2. The maximum Gasteiger partial charge on any atom is 0.190 e. The van der Waals surface area contributed by atoms with Gasteiger partial charge < -0.3 is 20.1 Å². The molecule has 0 fully saturated rings. The van der Waals surface area contributed by atoms with Crippen molar-refractivity contribution in [2.24, 2.45) is 4.99 Å². The Kier molecular flexibility index (Phi) is 5.65. The van der Waals surface area contributed by atoms with E-state index in [1.54, 1.807) is 14.2 Å². The molecule has 2 aromatic rings. The van der Waals surface area contributed by atoms with E-state index in [9.17, 15) is 0 Å². The number of guanidine groups is 1. The average Bonchev–Trinajstić information content (AvgIpc) is 2.58. The highest BCUT2D eigenvalue weighted by atomic mass is 16.5. The Labute approximate surface area is 131 Å². The van der Waals surface area contributed by atoms with Crippen molar-refractivity contribution in [2.45, 2.75) is 6.54 Å². The van der Waals surface area contributed by atoms with Crippen LogP contribution in [-0.2, 0) is 6.54 Å². The lowest BCUT2D eigenvalue weighted by Crippen LogP contribution is -2.33. The number of benzene rings is 2. The Morgan fingerprint density at radius 2 is 1.73 bits per heavy atom. The molecule has 0 heterocycles. The van der Waals surface area contributed by atoms with Gasteiger partial charge in [-0.2, -0.15) is 0 Å². The minimum atomic E-state index is 0.697. The molecule has 2 rings (SSSR count). The molecule has 116 valence electrons. The number of aliphatic imine (C=N–C) groups is 1. The molecule has 2 N–H and O–H groups in total. The van der Waals surface area contributed by atoms with Crippen molar-refractivity contribution in [3.63, 3.8) is 0 Å². The summed E-state index contributed by atoms with van der Waals surface area (Å²) >= 11 is 0. The maximum atomic E-state index is 5.84. The number of nitrogens with zero attached hydrogens (tertiary/aromatic N) is 1. The van der Waals surface area contributed by atoms with Gasteiger partial charge in [0.2, 0.25) is 0 Å². The number of para-hydroxylation sites is 2. The van der Waals surface area contributed by atoms with Gasteiger partial charge in [0.15, 0.2) is 17.5 Å². The highest BCUT2D eigenvalue weighted by Crippen LogP contribution is 2.30. The third kappa shape index (κ3) is 4.15. The summed E-state index contributed by atoms with van der Waals surface area (Å²) in [5.41, 5.74) is 1.14. The Balaban J connectivity index is 2.00. The Bertz CT molecular complexity index is 624. The summed E-state index contributed by atoms with van der Waals surface area (Å²) in [6.07, 6.45) is 0. The normalized spacial score (nSPS) is 11.0. The zero-order valence-corrected chi connectivity index (χ0v) is 13.1. The van der Waals surface area contributed by atoms with E-state index in [0.29, 0.717) is 18.0 Å². The second-order valence-electron chi connectivity index (χ2n) is 4.57. The minimum absolute atomic E-state index is 0.697. The molecule has 5 nitrogen and oxygen atoms in total. The van der Waals surface area contributed by atoms with Crippen LogP contribution in [0.5, 0.6) is 17.2 Å². The molecule has 0 aliphatic rings. The summed E-state index contributed by atoms with van der Waals surface area (Å²) in [6, 6.07) is 15.5. The van der Waals surface area contributed by atoms with Crippen LogP contribution in [0.3, 0.4) is 0 Å². The van der Waals surface area contributed by atoms with Crippen LogP contribution in [0.2, 0.25) is 0 Å². The van der Waals surface area contributed by atoms with Crippen LogP contribution in [0.4, 0.5) is 0 Å². The summed E-state index contributed by atoms with van der Waals surface area (Å²) in [4.78, 5) is 4.07. The van der Waals surface area contributed by atoms with Crippen LogP contribution in [-0.4, -0.2) is 27.2 Å². The Morgan fingerprint density at radius 1 is 1.05 bits per heavy atom. The van der Waals surface area contributed by atoms with Gasteiger partial charge in [0.05, 0.1) is 7.11 Å². The van der Waals surface area contributed by atoms with Gasteiger partial charge in [0.25, 0.3) is 0 Å². The molecule has 0 saturated carbocycles. The van der Waals surface area contributed by atoms with Gasteiger partial charge in [0.1, 0.15) is 5.75 Å². The molecule has 22 heavy (non-hydrogen) atoms. The fraction of sp³-hybridized carbons (Fsp3) is 0.235. The highest BCUT2D eigenvalue weighted by Gasteiger charge is 2.04. The maximum absolute atomic E-state index is 5.84. The largest absolute Gasteiger partial charge is 0.493 e. The molecular formula is C17H21N3O2. The number of hydrogen-bond acceptors (Lipinski definition) is 3. The highest BCUT2D eigenvalue weighted by molar-refractivity contribution is 5.79. The minimum Gasteiger partial charge on any atom is -0.493 e. The molecule has 0 aliphatic carbocycles. The third-order valence-electron chi connectivity index (χ3n) is 3.14. The van der Waals surface area contributed by atoms with Crippen LogP contribution in [0.25, 0.3) is 0 Å². The molecule has 2 aromatic carbocycles. The van der Waals surface area contributed by atoms with E-state index >= 15 is 0 Å². The van der Waals surface area contributed by atoms with E-state index in [-0.39, 0.29) is 0 Å². The van der Waals surface area contributed by atoms with Gasteiger partial charge in [0, 0.05) is 20.6 Å². The molecule has 0 radical (unpaired) electrons. The van der Waals surface area contributed by atoms with Gasteiger partial charge in [-0.3, -0.25) is 4.99 Å². The second kappa shape index (κ2) is 7.93. The van der Waals surface area contributed by atoms with E-state index in [1.165, 1.54) is 0 Å². The summed E-state index contributed by atoms with van der Waals surface area (Å²) in [7, 11) is 5.20. The monoisotopic (exact) mass is 299 g/mol. The quantitative estimate of drug-likeness (QED) is 0.658. The molecule has 0 bridgehead atoms. The van der Waals surface area contributed by atoms with Crippen LogP contribution < -0.4 is 20.1 Å². The number of rotatable bonds is 5. The fourth-order valence-corrected chi connectivity index (χ4v) is 1.97. The molecule has 0 aromatic heterocycles. The second-order valence-corrected chi connectivity index (χ2v) is 4.57. The van der Waals surface area contributed by atoms with Gasteiger partial charge in [-0.05, 0) is 29.8 Å². The average molecular weight is 299 g/mol. The zero-order valence-electron chi connectivity index (χ0n) is 13.1. The molecule has 0 atom stereocenters. The van der Waals surface area contributed by atoms with Gasteiger partial charge in [-0.25, -0.2) is 0 Å². The third-order valence-corrected chi connectivity index (χ3v) is 3.14. The smallest absolute Gasteiger partial charge is 0.190 e. The van der Waals surface area contributed by atoms with Crippen LogP contribution in [0, 0.1) is 0 Å². The first-order valence-corrected chi connectivity index (χ1v) is 7.05. The molecular weight excluding hydrogens is 278 g/mol. The van der Waals surface area contributed by atoms with Crippen molar-refractivity contribution in [3.05, 3.63) is 54.1 Å². The van der Waals surface area contributed by atoms with E-state index in [1.807, 2.05) is 55.6 Å². The van der Waals surface area contributed by atoms with Crippen molar-refractivity contribution in [1.82, 2.24) is 10.6 Å². The Morgan fingerprint density at radius 3 is 2.32 bits per heavy atom. The van der Waals surface area contributed by atoms with E-state index in [2.05, 4.69) is 15.6 Å². The predicted molar refractivity (Wildman–Crippen MR) is 88.8 cm³/mol. The van der Waals surface area contributed by atoms with Crippen LogP contribution >= 0.6 is 0 Å². The first-order chi connectivity index (χ1) is 10.8. The molecule has 0 amide bonds. The lowest BCUT2D eigenvalue weighted by molar-refractivity contribution is 0.379. The van der Waals surface area contributed by atoms with E-state index in [0.717, 1.165) is 17.3 Å². The predicted octanol–water partition coefficient (Wildman–Crippen LogP) is 2.78. The van der Waals surface area contributed by atoms with Crippen molar-refractivity contribution in [1.29, 1.82) is 0 Å². The van der Waals surface area contributed by atoms with Gasteiger partial charge >= 0.3 is 0 Å². The number of nitrogens with one attached hydrogen (secondary N) is 2. The lowest BCUT2D eigenvalue weighted by atomic mass is 10.2. The van der Waals surface area contributed by atoms with E-state index < -0.39 is 0 Å². The fourth-order valence-electron chi connectivity index (χ4n) is 1.97. The van der Waals surface area contributed by atoms with Crippen molar-refractivity contribution in [3.8, 4) is 17.2 Å². The summed E-state index contributed by atoms with van der Waals surface area (Å²) in [5.74, 6) is 2.94. The van der Waals surface area contributed by atoms with Crippen molar-refractivity contribution in [2.75, 3.05) is 21.2 Å². The lowest BCUT2D eigenvalue weighted by Gasteiger charge is -2.11. The van der Waals surface area contributed by atoms with Gasteiger partial charge in [-0.15, -0.1) is 0 Å². The van der Waals surface area contributed by atoms with Crippen LogP contribution in [0.1, 0.15) is 5.56 Å². The standard InChI is InChI=1S/C17H21N3O2/c1-18-17(19-2)20-12-13-8-10-14(11-9-13)22-16-7-5-4-6-15(16)21-3/h4-11H,12H2,1-3H3,(H2,18,19,20). The summed E-state index contributed by atoms with van der Waals surface area (Å²) in [5, 5.41) is 6.18.